The molecule has 0 aliphatic rings. The van der Waals surface area contributed by atoms with Crippen LogP contribution in [0.3, 0.4) is 0 Å². The molecule has 2 aromatic heterocycles. The molecule has 4 nitrogen and oxygen atoms in total. The predicted molar refractivity (Wildman–Crippen MR) is 138 cm³/mol. The van der Waals surface area contributed by atoms with E-state index in [2.05, 4.69) is 63.1 Å². The van der Waals surface area contributed by atoms with E-state index in [0.717, 1.165) is 44.4 Å². The number of allylic oxidation sites excluding steroid dienone is 1. The zero-order chi connectivity index (χ0) is 22.9. The monoisotopic (exact) mass is 436 g/mol. The number of nitrogens with one attached hydrogen (secondary N) is 1. The van der Waals surface area contributed by atoms with Crippen LogP contribution < -0.4 is 0 Å². The number of hydrogen-bond donors (Lipinski definition) is 1. The fourth-order valence-electron chi connectivity index (χ4n) is 4.52. The van der Waals surface area contributed by atoms with Gasteiger partial charge in [-0.25, -0.2) is 4.98 Å². The predicted octanol–water partition coefficient (Wildman–Crippen LogP) is 7.24. The fourth-order valence-corrected chi connectivity index (χ4v) is 4.52. The SMILES string of the molecule is N#C/C(=C/c1c(-c2ccccc2)n(-c2ccccc2)c2ccccc12)c1nc2ccccc2[nH]1. The average Bonchev–Trinajstić information content (AvgIpc) is 3.47. The van der Waals surface area contributed by atoms with Crippen LogP contribution in [0.4, 0.5) is 0 Å². The maximum atomic E-state index is 10.1. The average molecular weight is 437 g/mol. The number of fused-ring (bicyclic) bond motifs is 2. The van der Waals surface area contributed by atoms with E-state index in [1.165, 1.54) is 0 Å². The number of H-pyrrole nitrogens is 1. The van der Waals surface area contributed by atoms with Crippen LogP contribution in [0, 0.1) is 11.3 Å². The number of aromatic amines is 1. The van der Waals surface area contributed by atoms with Crippen molar-refractivity contribution in [2.45, 2.75) is 0 Å². The summed E-state index contributed by atoms with van der Waals surface area (Å²) in [6.45, 7) is 0. The molecule has 4 aromatic carbocycles. The van der Waals surface area contributed by atoms with Crippen molar-refractivity contribution in [1.29, 1.82) is 5.26 Å². The molecule has 1 N–H and O–H groups in total. The number of aromatic nitrogens is 3. The molecule has 0 amide bonds. The van der Waals surface area contributed by atoms with Gasteiger partial charge in [-0.05, 0) is 42.0 Å². The Morgan fingerprint density at radius 1 is 0.794 bits per heavy atom. The Hall–Kier alpha value is -4.88. The Balaban J connectivity index is 1.68. The summed E-state index contributed by atoms with van der Waals surface area (Å²) in [6, 6.07) is 39.2. The quantitative estimate of drug-likeness (QED) is 0.296. The summed E-state index contributed by atoms with van der Waals surface area (Å²) < 4.78 is 2.27. The van der Waals surface area contributed by atoms with Gasteiger partial charge in [0.25, 0.3) is 0 Å². The molecular formula is C30H20N4. The second-order valence-electron chi connectivity index (χ2n) is 8.09. The first-order valence-electron chi connectivity index (χ1n) is 11.1. The third kappa shape index (κ3) is 3.28. The summed E-state index contributed by atoms with van der Waals surface area (Å²) in [7, 11) is 0. The largest absolute Gasteiger partial charge is 0.337 e. The standard InChI is InChI=1S/C30H20N4/c31-20-22(30-32-26-16-8-9-17-27(26)33-30)19-25-24-15-7-10-18-28(24)34(23-13-5-2-6-14-23)29(25)21-11-3-1-4-12-21/h1-19H,(H,32,33)/b22-19-. The topological polar surface area (TPSA) is 57.4 Å². The normalized spacial score (nSPS) is 11.7. The first kappa shape index (κ1) is 19.8. The minimum absolute atomic E-state index is 0.490. The molecule has 0 spiro atoms. The van der Waals surface area contributed by atoms with Gasteiger partial charge in [0.1, 0.15) is 11.9 Å². The molecule has 2 heterocycles. The summed E-state index contributed by atoms with van der Waals surface area (Å²) >= 11 is 0. The van der Waals surface area contributed by atoms with Gasteiger partial charge in [-0.2, -0.15) is 5.26 Å². The smallest absolute Gasteiger partial charge is 0.149 e. The highest BCUT2D eigenvalue weighted by Gasteiger charge is 2.20. The molecule has 4 heteroatoms. The Morgan fingerprint density at radius 2 is 1.47 bits per heavy atom. The highest BCUT2D eigenvalue weighted by atomic mass is 15.0. The van der Waals surface area contributed by atoms with E-state index in [4.69, 9.17) is 0 Å². The molecule has 34 heavy (non-hydrogen) atoms. The van der Waals surface area contributed by atoms with Gasteiger partial charge in [0, 0.05) is 16.6 Å². The van der Waals surface area contributed by atoms with Crippen molar-refractivity contribution in [3.05, 3.63) is 121 Å². The number of nitriles is 1. The molecule has 160 valence electrons. The third-order valence-electron chi connectivity index (χ3n) is 6.03. The summed E-state index contributed by atoms with van der Waals surface area (Å²) in [5.74, 6) is 0.569. The van der Waals surface area contributed by atoms with E-state index < -0.39 is 0 Å². The number of hydrogen-bond acceptors (Lipinski definition) is 2. The first-order chi connectivity index (χ1) is 16.8. The van der Waals surface area contributed by atoms with Crippen LogP contribution in [0.2, 0.25) is 0 Å². The lowest BCUT2D eigenvalue weighted by Crippen LogP contribution is -1.97. The number of rotatable bonds is 4. The maximum absolute atomic E-state index is 10.1. The molecule has 0 bridgehead atoms. The van der Waals surface area contributed by atoms with Crippen molar-refractivity contribution in [3.63, 3.8) is 0 Å². The van der Waals surface area contributed by atoms with E-state index in [-0.39, 0.29) is 0 Å². The summed E-state index contributed by atoms with van der Waals surface area (Å²) in [5.41, 5.74) is 7.50. The Labute approximate surface area is 197 Å². The Morgan fingerprint density at radius 3 is 2.24 bits per heavy atom. The van der Waals surface area contributed by atoms with Gasteiger partial charge in [0.05, 0.1) is 27.8 Å². The molecule has 0 atom stereocenters. The molecule has 0 fully saturated rings. The lowest BCUT2D eigenvalue weighted by atomic mass is 10.0. The summed E-state index contributed by atoms with van der Waals surface area (Å²) in [6.07, 6.45) is 1.96. The zero-order valence-electron chi connectivity index (χ0n) is 18.3. The van der Waals surface area contributed by atoms with Gasteiger partial charge in [0.15, 0.2) is 0 Å². The fraction of sp³-hybridized carbons (Fsp3) is 0. The van der Waals surface area contributed by atoms with Crippen LogP contribution >= 0.6 is 0 Å². The van der Waals surface area contributed by atoms with Gasteiger partial charge in [0.2, 0.25) is 0 Å². The summed E-state index contributed by atoms with van der Waals surface area (Å²) in [5, 5.41) is 11.2. The Kier molecular flexibility index (Phi) is 4.79. The van der Waals surface area contributed by atoms with E-state index in [9.17, 15) is 5.26 Å². The first-order valence-corrected chi connectivity index (χ1v) is 11.1. The molecule has 0 unspecified atom stereocenters. The lowest BCUT2D eigenvalue weighted by molar-refractivity contribution is 1.13. The number of imidazole rings is 1. The van der Waals surface area contributed by atoms with Crippen LogP contribution in [0.5, 0.6) is 0 Å². The minimum atomic E-state index is 0.490. The van der Waals surface area contributed by atoms with Crippen molar-refractivity contribution in [2.24, 2.45) is 0 Å². The molecule has 6 rings (SSSR count). The highest BCUT2D eigenvalue weighted by Crippen LogP contribution is 2.38. The summed E-state index contributed by atoms with van der Waals surface area (Å²) in [4.78, 5) is 7.98. The Bertz CT molecular complexity index is 1660. The van der Waals surface area contributed by atoms with Crippen molar-refractivity contribution >= 4 is 33.6 Å². The molecule has 0 radical (unpaired) electrons. The molecule has 0 aliphatic heterocycles. The molecule has 6 aromatic rings. The van der Waals surface area contributed by atoms with Crippen molar-refractivity contribution in [3.8, 4) is 23.0 Å². The van der Waals surface area contributed by atoms with Crippen molar-refractivity contribution < 1.29 is 0 Å². The van der Waals surface area contributed by atoms with Crippen LogP contribution in [-0.4, -0.2) is 14.5 Å². The third-order valence-corrected chi connectivity index (χ3v) is 6.03. The van der Waals surface area contributed by atoms with Crippen molar-refractivity contribution in [1.82, 2.24) is 14.5 Å². The van der Waals surface area contributed by atoms with Crippen LogP contribution in [-0.2, 0) is 0 Å². The number of para-hydroxylation sites is 4. The molecule has 0 saturated carbocycles. The molecular weight excluding hydrogens is 416 g/mol. The second-order valence-corrected chi connectivity index (χ2v) is 8.09. The maximum Gasteiger partial charge on any atom is 0.149 e. The molecule has 0 aliphatic carbocycles. The molecule has 0 saturated heterocycles. The minimum Gasteiger partial charge on any atom is -0.337 e. The zero-order valence-corrected chi connectivity index (χ0v) is 18.3. The van der Waals surface area contributed by atoms with Gasteiger partial charge in [-0.3, -0.25) is 0 Å². The van der Waals surface area contributed by atoms with Gasteiger partial charge in [-0.15, -0.1) is 0 Å². The van der Waals surface area contributed by atoms with E-state index in [1.807, 2.05) is 72.8 Å². The van der Waals surface area contributed by atoms with Crippen LogP contribution in [0.25, 0.3) is 50.5 Å². The van der Waals surface area contributed by atoms with E-state index >= 15 is 0 Å². The van der Waals surface area contributed by atoms with Gasteiger partial charge < -0.3 is 9.55 Å². The number of benzene rings is 4. The van der Waals surface area contributed by atoms with Crippen LogP contribution in [0.15, 0.2) is 109 Å². The van der Waals surface area contributed by atoms with Gasteiger partial charge in [-0.1, -0.05) is 78.9 Å². The van der Waals surface area contributed by atoms with E-state index in [0.29, 0.717) is 11.4 Å². The van der Waals surface area contributed by atoms with E-state index in [1.54, 1.807) is 0 Å². The number of nitrogens with zero attached hydrogens (tertiary/aromatic N) is 3. The highest BCUT2D eigenvalue weighted by molar-refractivity contribution is 6.04. The van der Waals surface area contributed by atoms with Gasteiger partial charge >= 0.3 is 0 Å². The van der Waals surface area contributed by atoms with Crippen molar-refractivity contribution in [2.75, 3.05) is 0 Å². The lowest BCUT2D eigenvalue weighted by Gasteiger charge is -2.12. The van der Waals surface area contributed by atoms with Crippen LogP contribution in [0.1, 0.15) is 11.4 Å². The second kappa shape index (κ2) is 8.23.